The maximum atomic E-state index is 5.93. The van der Waals surface area contributed by atoms with Crippen molar-refractivity contribution in [3.8, 4) is 0 Å². The predicted molar refractivity (Wildman–Crippen MR) is 125 cm³/mol. The summed E-state index contributed by atoms with van der Waals surface area (Å²) in [5, 5.41) is 0. The third-order valence-electron chi connectivity index (χ3n) is 7.75. The van der Waals surface area contributed by atoms with Gasteiger partial charge in [0.05, 0.1) is 0 Å². The summed E-state index contributed by atoms with van der Waals surface area (Å²) in [6.45, 7) is 21.1. The predicted octanol–water partition coefficient (Wildman–Crippen LogP) is 4.06. The van der Waals surface area contributed by atoms with Crippen molar-refractivity contribution in [2.45, 2.75) is 77.8 Å². The molecule has 0 bridgehead atoms. The first-order valence-electron chi connectivity index (χ1n) is 11.8. The van der Waals surface area contributed by atoms with Crippen molar-refractivity contribution in [1.29, 1.82) is 0 Å². The molecule has 7 rings (SSSR count). The summed E-state index contributed by atoms with van der Waals surface area (Å²) in [4.78, 5) is 0. The average Bonchev–Trinajstić information content (AvgIpc) is 3.48. The molecule has 7 unspecified atom stereocenters. The van der Waals surface area contributed by atoms with Gasteiger partial charge >= 0.3 is 0 Å². The van der Waals surface area contributed by atoms with Crippen molar-refractivity contribution in [3.05, 3.63) is 0 Å². The second kappa shape index (κ2) is 5.92. The fourth-order valence-electron chi connectivity index (χ4n) is 5.18. The van der Waals surface area contributed by atoms with Gasteiger partial charge in [-0.15, -0.1) is 0 Å². The van der Waals surface area contributed by atoms with Crippen molar-refractivity contribution in [2.75, 3.05) is 39.3 Å². The standard InChI is InChI=1S/C18H36N9P3/c1-13-7-22(13)28(23-8-14(23)2)19-29(24-9-15(24)3,25-10-16(25)4)21-30(20-28,26-11-17(26)5)27-12-18(27)6/h13-18H,7-12H2,1-6H3/t13-,14-,15-,16+,17+,18+,22?,23?,24?,25?,26?,27?,28?,29?,30?. The summed E-state index contributed by atoms with van der Waals surface area (Å²) in [6, 6.07) is 3.65. The maximum absolute atomic E-state index is 5.93. The SMILES string of the molecule is C[C@@H]1CN1P1(N2C[C@H]2C)=NP(N2C[C@H]2C)(N2C[C@@H]2C)=NP(N2C[C@@H]2C)(N2C[C@@H]2C)=N1. The first-order valence-corrected chi connectivity index (χ1v) is 16.6. The summed E-state index contributed by atoms with van der Waals surface area (Å²) in [6.07, 6.45) is 0. The first-order chi connectivity index (χ1) is 14.2. The lowest BCUT2D eigenvalue weighted by atomic mass is 10.6. The van der Waals surface area contributed by atoms with E-state index in [0.717, 1.165) is 39.3 Å². The highest BCUT2D eigenvalue weighted by Crippen LogP contribution is 2.89. The molecule has 7 aliphatic rings. The Labute approximate surface area is 181 Å². The van der Waals surface area contributed by atoms with Crippen LogP contribution in [-0.4, -0.2) is 104 Å². The van der Waals surface area contributed by atoms with E-state index in [9.17, 15) is 0 Å². The van der Waals surface area contributed by atoms with E-state index < -0.39 is 22.5 Å². The van der Waals surface area contributed by atoms with Crippen molar-refractivity contribution in [2.24, 2.45) is 13.5 Å². The van der Waals surface area contributed by atoms with Crippen LogP contribution in [0.4, 0.5) is 0 Å². The van der Waals surface area contributed by atoms with Crippen molar-refractivity contribution >= 4 is 22.5 Å². The first kappa shape index (κ1) is 19.9. The van der Waals surface area contributed by atoms with Gasteiger partial charge in [0, 0.05) is 75.5 Å². The van der Waals surface area contributed by atoms with E-state index >= 15 is 0 Å². The highest BCUT2D eigenvalue weighted by atomic mass is 31.3. The van der Waals surface area contributed by atoms with E-state index in [1.54, 1.807) is 0 Å². The molecule has 0 aromatic carbocycles. The molecule has 0 spiro atoms. The molecule has 168 valence electrons. The van der Waals surface area contributed by atoms with E-state index in [1.807, 2.05) is 0 Å². The largest absolute Gasteiger partial charge is 0.234 e. The summed E-state index contributed by atoms with van der Waals surface area (Å²) < 4.78 is 33.9. The summed E-state index contributed by atoms with van der Waals surface area (Å²) in [5.41, 5.74) is 0. The Morgan fingerprint density at radius 1 is 0.400 bits per heavy atom. The minimum Gasteiger partial charge on any atom is -0.234 e. The van der Waals surface area contributed by atoms with E-state index in [-0.39, 0.29) is 0 Å². The van der Waals surface area contributed by atoms with Gasteiger partial charge in [0.1, 0.15) is 0 Å². The van der Waals surface area contributed by atoms with E-state index in [4.69, 9.17) is 13.5 Å². The van der Waals surface area contributed by atoms with Crippen LogP contribution in [0.1, 0.15) is 41.5 Å². The molecule has 7 aliphatic heterocycles. The van der Waals surface area contributed by atoms with Crippen molar-refractivity contribution in [1.82, 2.24) is 28.0 Å². The van der Waals surface area contributed by atoms with Gasteiger partial charge in [-0.1, -0.05) is 0 Å². The Hall–Kier alpha value is 0.450. The van der Waals surface area contributed by atoms with Crippen LogP contribution in [-0.2, 0) is 0 Å². The number of nitrogens with zero attached hydrogens (tertiary/aromatic N) is 9. The number of hydrogen-bond acceptors (Lipinski definition) is 9. The third kappa shape index (κ3) is 2.62. The zero-order valence-electron chi connectivity index (χ0n) is 19.1. The van der Waals surface area contributed by atoms with Gasteiger partial charge < -0.3 is 0 Å². The third-order valence-corrected chi connectivity index (χ3v) is 21.0. The molecule has 0 amide bonds. The molecule has 6 saturated heterocycles. The van der Waals surface area contributed by atoms with Crippen LogP contribution >= 0.6 is 22.5 Å². The quantitative estimate of drug-likeness (QED) is 0.430. The van der Waals surface area contributed by atoms with Crippen LogP contribution in [0.25, 0.3) is 0 Å². The van der Waals surface area contributed by atoms with Crippen LogP contribution in [0.3, 0.4) is 0 Å². The zero-order valence-corrected chi connectivity index (χ0v) is 21.8. The maximum Gasteiger partial charge on any atom is 0.221 e. The lowest BCUT2D eigenvalue weighted by Crippen LogP contribution is -2.17. The van der Waals surface area contributed by atoms with Crippen molar-refractivity contribution < 1.29 is 0 Å². The summed E-state index contributed by atoms with van der Waals surface area (Å²) in [5.74, 6) is 0. The van der Waals surface area contributed by atoms with Crippen LogP contribution in [0, 0.1) is 0 Å². The molecular weight excluding hydrogens is 435 g/mol. The Morgan fingerprint density at radius 2 is 0.533 bits per heavy atom. The van der Waals surface area contributed by atoms with Crippen LogP contribution in [0.15, 0.2) is 13.5 Å². The minimum atomic E-state index is -2.07. The summed E-state index contributed by atoms with van der Waals surface area (Å²) >= 11 is 0. The van der Waals surface area contributed by atoms with Crippen LogP contribution < -0.4 is 0 Å². The van der Waals surface area contributed by atoms with Crippen LogP contribution in [0.5, 0.6) is 0 Å². The highest BCUT2D eigenvalue weighted by Gasteiger charge is 2.66. The highest BCUT2D eigenvalue weighted by molar-refractivity contribution is 7.83. The number of hydrogen-bond donors (Lipinski definition) is 0. The normalized spacial score (nSPS) is 69.4. The molecule has 13 atom stereocenters. The molecule has 0 aliphatic carbocycles. The molecule has 9 nitrogen and oxygen atoms in total. The average molecular weight is 471 g/mol. The zero-order chi connectivity index (χ0) is 20.8. The van der Waals surface area contributed by atoms with E-state index in [1.165, 1.54) is 0 Å². The number of rotatable bonds is 6. The molecular formula is C18H36N9P3. The fourth-order valence-corrected chi connectivity index (χ4v) is 22.2. The van der Waals surface area contributed by atoms with Gasteiger partial charge in [0.15, 0.2) is 0 Å². The summed E-state index contributed by atoms with van der Waals surface area (Å²) in [7, 11) is -6.22. The van der Waals surface area contributed by atoms with Gasteiger partial charge in [0.2, 0.25) is 22.5 Å². The van der Waals surface area contributed by atoms with Gasteiger partial charge in [-0.05, 0) is 41.5 Å². The molecule has 0 N–H and O–H groups in total. The molecule has 12 heteroatoms. The van der Waals surface area contributed by atoms with Crippen LogP contribution in [0.2, 0.25) is 0 Å². The van der Waals surface area contributed by atoms with Gasteiger partial charge in [-0.2, -0.15) is 13.5 Å². The molecule has 7 heterocycles. The molecule has 6 fully saturated rings. The lowest BCUT2D eigenvalue weighted by molar-refractivity contribution is 0.667. The molecule has 0 aromatic heterocycles. The smallest absolute Gasteiger partial charge is 0.221 e. The Bertz CT molecular complexity index is 795. The van der Waals surface area contributed by atoms with E-state index in [2.05, 4.69) is 69.6 Å². The van der Waals surface area contributed by atoms with E-state index in [0.29, 0.717) is 36.3 Å². The topological polar surface area (TPSA) is 55.1 Å². The molecule has 0 radical (unpaired) electrons. The second-order valence-corrected chi connectivity index (χ2v) is 19.2. The second-order valence-electron chi connectivity index (χ2n) is 10.7. The Morgan fingerprint density at radius 3 is 0.633 bits per heavy atom. The molecule has 0 aromatic rings. The lowest BCUT2D eigenvalue weighted by Gasteiger charge is -2.40. The van der Waals surface area contributed by atoms with Gasteiger partial charge in [0.25, 0.3) is 0 Å². The van der Waals surface area contributed by atoms with Gasteiger partial charge in [-0.3, -0.25) is 0 Å². The Balaban J connectivity index is 1.53. The Kier molecular flexibility index (Phi) is 3.92. The fraction of sp³-hybridized carbons (Fsp3) is 1.00. The monoisotopic (exact) mass is 471 g/mol. The molecule has 30 heavy (non-hydrogen) atoms. The molecule has 0 saturated carbocycles. The van der Waals surface area contributed by atoms with Gasteiger partial charge in [-0.25, -0.2) is 28.0 Å². The minimum absolute atomic E-state index is 0.608. The van der Waals surface area contributed by atoms with Crippen molar-refractivity contribution in [3.63, 3.8) is 0 Å².